The highest BCUT2D eigenvalue weighted by Crippen LogP contribution is 2.34. The summed E-state index contributed by atoms with van der Waals surface area (Å²) in [6.45, 7) is 1.70. The van der Waals surface area contributed by atoms with Crippen molar-refractivity contribution in [1.29, 1.82) is 0 Å². The first-order valence-electron chi connectivity index (χ1n) is 7.10. The van der Waals surface area contributed by atoms with Crippen molar-refractivity contribution in [1.82, 2.24) is 10.6 Å². The third-order valence-corrected chi connectivity index (χ3v) is 4.68. The van der Waals surface area contributed by atoms with Gasteiger partial charge in [0.1, 0.15) is 0 Å². The smallest absolute Gasteiger partial charge is 0.338 e. The predicted octanol–water partition coefficient (Wildman–Crippen LogP) is 3.22. The standard InChI is InChI=1S/C17H16N2O3S/c1-10-14(16(20)22-2)15(19-17(21)18-10)13-8-12(9-23-13)11-6-4-3-5-7-11/h3-9,15H,1-2H3,(H2,18,19,21)/t15-/m0/s1. The van der Waals surface area contributed by atoms with Gasteiger partial charge in [0.2, 0.25) is 0 Å². The van der Waals surface area contributed by atoms with E-state index in [1.165, 1.54) is 18.4 Å². The summed E-state index contributed by atoms with van der Waals surface area (Å²) in [6.07, 6.45) is 0. The van der Waals surface area contributed by atoms with Crippen molar-refractivity contribution in [3.8, 4) is 11.1 Å². The van der Waals surface area contributed by atoms with Crippen LogP contribution in [-0.2, 0) is 9.53 Å². The van der Waals surface area contributed by atoms with E-state index in [-0.39, 0.29) is 6.03 Å². The summed E-state index contributed by atoms with van der Waals surface area (Å²) >= 11 is 1.50. The maximum Gasteiger partial charge on any atom is 0.338 e. The van der Waals surface area contributed by atoms with Gasteiger partial charge in [0.25, 0.3) is 0 Å². The number of carbonyl (C=O) groups excluding carboxylic acids is 2. The van der Waals surface area contributed by atoms with E-state index in [0.717, 1.165) is 16.0 Å². The highest BCUT2D eigenvalue weighted by atomic mass is 32.1. The maximum atomic E-state index is 12.1. The molecule has 0 saturated heterocycles. The average molecular weight is 328 g/mol. The van der Waals surface area contributed by atoms with Crippen LogP contribution in [0.1, 0.15) is 17.8 Å². The second-order valence-corrected chi connectivity index (χ2v) is 6.11. The molecule has 0 radical (unpaired) electrons. The van der Waals surface area contributed by atoms with E-state index in [0.29, 0.717) is 11.3 Å². The number of amides is 2. The van der Waals surface area contributed by atoms with Gasteiger partial charge in [0.15, 0.2) is 0 Å². The lowest BCUT2D eigenvalue weighted by molar-refractivity contribution is -0.136. The molecule has 5 nitrogen and oxygen atoms in total. The molecule has 1 aliphatic heterocycles. The molecule has 6 heteroatoms. The number of esters is 1. The lowest BCUT2D eigenvalue weighted by Crippen LogP contribution is -2.45. The van der Waals surface area contributed by atoms with Gasteiger partial charge in [-0.25, -0.2) is 9.59 Å². The molecule has 2 heterocycles. The predicted molar refractivity (Wildman–Crippen MR) is 88.9 cm³/mol. The molecule has 1 aromatic carbocycles. The molecule has 118 valence electrons. The number of allylic oxidation sites excluding steroid dienone is 1. The second-order valence-electron chi connectivity index (χ2n) is 5.17. The van der Waals surface area contributed by atoms with Crippen LogP contribution in [0.3, 0.4) is 0 Å². The largest absolute Gasteiger partial charge is 0.466 e. The molecule has 0 spiro atoms. The Hall–Kier alpha value is -2.60. The zero-order valence-electron chi connectivity index (χ0n) is 12.8. The average Bonchev–Trinajstić information content (AvgIpc) is 3.04. The van der Waals surface area contributed by atoms with Crippen molar-refractivity contribution in [2.24, 2.45) is 0 Å². The summed E-state index contributed by atoms with van der Waals surface area (Å²) in [5.41, 5.74) is 3.09. The summed E-state index contributed by atoms with van der Waals surface area (Å²) < 4.78 is 4.86. The van der Waals surface area contributed by atoms with Crippen LogP contribution >= 0.6 is 11.3 Å². The molecule has 1 atom stereocenters. The Kier molecular flexibility index (Phi) is 4.16. The van der Waals surface area contributed by atoms with Gasteiger partial charge < -0.3 is 15.4 Å². The Morgan fingerprint density at radius 1 is 1.22 bits per heavy atom. The van der Waals surface area contributed by atoms with Crippen LogP contribution in [-0.4, -0.2) is 19.1 Å². The summed E-state index contributed by atoms with van der Waals surface area (Å²) in [5.74, 6) is -0.449. The van der Waals surface area contributed by atoms with E-state index in [9.17, 15) is 9.59 Å². The van der Waals surface area contributed by atoms with Gasteiger partial charge in [-0.2, -0.15) is 0 Å². The van der Waals surface area contributed by atoms with E-state index in [2.05, 4.69) is 10.6 Å². The van der Waals surface area contributed by atoms with E-state index in [1.54, 1.807) is 6.92 Å². The monoisotopic (exact) mass is 328 g/mol. The summed E-state index contributed by atoms with van der Waals surface area (Å²) in [5, 5.41) is 7.43. The van der Waals surface area contributed by atoms with E-state index >= 15 is 0 Å². The molecule has 2 N–H and O–H groups in total. The van der Waals surface area contributed by atoms with Crippen molar-refractivity contribution in [2.45, 2.75) is 13.0 Å². The number of hydrogen-bond donors (Lipinski definition) is 2. The fraction of sp³-hybridized carbons (Fsp3) is 0.176. The quantitative estimate of drug-likeness (QED) is 0.850. The Morgan fingerprint density at radius 3 is 2.65 bits per heavy atom. The van der Waals surface area contributed by atoms with Gasteiger partial charge in [-0.15, -0.1) is 11.3 Å². The molecule has 1 aromatic heterocycles. The minimum absolute atomic E-state index is 0.324. The van der Waals surface area contributed by atoms with Crippen LogP contribution < -0.4 is 10.6 Å². The fourth-order valence-electron chi connectivity index (χ4n) is 2.57. The highest BCUT2D eigenvalue weighted by molar-refractivity contribution is 7.10. The zero-order valence-corrected chi connectivity index (χ0v) is 13.6. The van der Waals surface area contributed by atoms with Gasteiger partial charge in [-0.3, -0.25) is 0 Å². The number of urea groups is 1. The maximum absolute atomic E-state index is 12.1. The van der Waals surface area contributed by atoms with Gasteiger partial charge >= 0.3 is 12.0 Å². The Morgan fingerprint density at radius 2 is 1.96 bits per heavy atom. The molecular formula is C17H16N2O3S. The first-order chi connectivity index (χ1) is 11.1. The highest BCUT2D eigenvalue weighted by Gasteiger charge is 2.32. The van der Waals surface area contributed by atoms with Crippen molar-refractivity contribution in [3.05, 3.63) is 57.9 Å². The number of thiophene rings is 1. The fourth-order valence-corrected chi connectivity index (χ4v) is 3.55. The zero-order chi connectivity index (χ0) is 16.4. The summed E-state index contributed by atoms with van der Waals surface area (Å²) in [7, 11) is 1.33. The molecule has 2 aromatic rings. The second kappa shape index (κ2) is 6.26. The molecule has 0 unspecified atom stereocenters. The number of ether oxygens (including phenoxy) is 1. The Bertz CT molecular complexity index is 780. The molecule has 0 bridgehead atoms. The van der Waals surface area contributed by atoms with E-state index in [1.807, 2.05) is 41.8 Å². The van der Waals surface area contributed by atoms with Crippen molar-refractivity contribution in [2.75, 3.05) is 7.11 Å². The van der Waals surface area contributed by atoms with Crippen molar-refractivity contribution < 1.29 is 14.3 Å². The normalized spacial score (nSPS) is 17.5. The topological polar surface area (TPSA) is 67.4 Å². The van der Waals surface area contributed by atoms with E-state index < -0.39 is 12.0 Å². The van der Waals surface area contributed by atoms with Crippen molar-refractivity contribution in [3.63, 3.8) is 0 Å². The SMILES string of the molecule is COC(=O)C1=C(C)NC(=O)N[C@H]1c1cc(-c2ccccc2)cs1. The molecule has 2 amide bonds. The number of rotatable bonds is 3. The van der Waals surface area contributed by atoms with Gasteiger partial charge in [-0.1, -0.05) is 30.3 Å². The summed E-state index contributed by atoms with van der Waals surface area (Å²) in [6, 6.07) is 11.1. The molecule has 1 aliphatic rings. The number of methoxy groups -OCH3 is 1. The van der Waals surface area contributed by atoms with Crippen LogP contribution in [0.4, 0.5) is 4.79 Å². The third-order valence-electron chi connectivity index (χ3n) is 3.69. The van der Waals surface area contributed by atoms with Crippen LogP contribution in [0.25, 0.3) is 11.1 Å². The molecule has 23 heavy (non-hydrogen) atoms. The van der Waals surface area contributed by atoms with E-state index in [4.69, 9.17) is 4.74 Å². The first-order valence-corrected chi connectivity index (χ1v) is 7.98. The van der Waals surface area contributed by atoms with Crippen LogP contribution in [0, 0.1) is 0 Å². The minimum Gasteiger partial charge on any atom is -0.466 e. The van der Waals surface area contributed by atoms with Crippen LogP contribution in [0.15, 0.2) is 53.0 Å². The van der Waals surface area contributed by atoms with Gasteiger partial charge in [0.05, 0.1) is 18.7 Å². The molecule has 0 saturated carbocycles. The van der Waals surface area contributed by atoms with Crippen LogP contribution in [0.5, 0.6) is 0 Å². The van der Waals surface area contributed by atoms with Crippen LogP contribution in [0.2, 0.25) is 0 Å². The number of hydrogen-bond acceptors (Lipinski definition) is 4. The first kappa shape index (κ1) is 15.3. The molecule has 0 aliphatic carbocycles. The number of nitrogens with one attached hydrogen (secondary N) is 2. The summed E-state index contributed by atoms with van der Waals surface area (Å²) in [4.78, 5) is 24.8. The minimum atomic E-state index is -0.501. The number of carbonyl (C=O) groups is 2. The molecule has 0 fully saturated rings. The Labute approximate surface area is 138 Å². The lowest BCUT2D eigenvalue weighted by Gasteiger charge is -2.26. The number of benzene rings is 1. The lowest BCUT2D eigenvalue weighted by atomic mass is 10.00. The molecule has 3 rings (SSSR count). The third kappa shape index (κ3) is 2.98. The Balaban J connectivity index is 1.99. The van der Waals surface area contributed by atoms with Crippen molar-refractivity contribution >= 4 is 23.3 Å². The van der Waals surface area contributed by atoms with Gasteiger partial charge in [0, 0.05) is 10.6 Å². The van der Waals surface area contributed by atoms with Gasteiger partial charge in [-0.05, 0) is 29.5 Å². The molecular weight excluding hydrogens is 312 g/mol.